The van der Waals surface area contributed by atoms with Gasteiger partial charge < -0.3 is 10.1 Å². The van der Waals surface area contributed by atoms with Crippen molar-refractivity contribution in [2.75, 3.05) is 13.7 Å². The van der Waals surface area contributed by atoms with E-state index in [4.69, 9.17) is 4.74 Å². The minimum absolute atomic E-state index is 0.394. The number of ether oxygens (including phenoxy) is 1. The lowest BCUT2D eigenvalue weighted by molar-refractivity contribution is 0.339. The van der Waals surface area contributed by atoms with E-state index < -0.39 is 0 Å². The molecule has 1 aromatic rings. The van der Waals surface area contributed by atoms with E-state index in [0.717, 1.165) is 22.6 Å². The number of rotatable bonds is 7. The lowest BCUT2D eigenvalue weighted by Crippen LogP contribution is -2.19. The van der Waals surface area contributed by atoms with Crippen molar-refractivity contribution in [3.63, 3.8) is 0 Å². The van der Waals surface area contributed by atoms with Crippen LogP contribution in [0.15, 0.2) is 22.7 Å². The molecule has 0 fully saturated rings. The summed E-state index contributed by atoms with van der Waals surface area (Å²) in [6, 6.07) is 6.65. The quantitative estimate of drug-likeness (QED) is 0.797. The zero-order chi connectivity index (χ0) is 13.5. The van der Waals surface area contributed by atoms with Crippen LogP contribution < -0.4 is 10.1 Å². The van der Waals surface area contributed by atoms with E-state index in [1.807, 2.05) is 20.0 Å². The van der Waals surface area contributed by atoms with Crippen molar-refractivity contribution < 1.29 is 4.74 Å². The highest BCUT2D eigenvalue weighted by Gasteiger charge is 2.15. The molecule has 0 amide bonds. The van der Waals surface area contributed by atoms with Crippen LogP contribution in [0.4, 0.5) is 0 Å². The Balaban J connectivity index is 2.85. The molecule has 0 bridgehead atoms. The standard InChI is InChI=1S/C15H24BrNO/c1-5-11(3)9-15(17-4)13-8-7-12(18-6-2)10-14(13)16/h7-8,10-11,15,17H,5-6,9H2,1-4H3. The molecule has 0 saturated carbocycles. The molecule has 102 valence electrons. The van der Waals surface area contributed by atoms with Gasteiger partial charge in [0.2, 0.25) is 0 Å². The monoisotopic (exact) mass is 313 g/mol. The van der Waals surface area contributed by atoms with Gasteiger partial charge in [-0.15, -0.1) is 0 Å². The van der Waals surface area contributed by atoms with Gasteiger partial charge in [-0.25, -0.2) is 0 Å². The third kappa shape index (κ3) is 4.29. The summed E-state index contributed by atoms with van der Waals surface area (Å²) in [5, 5.41) is 3.41. The van der Waals surface area contributed by atoms with E-state index in [0.29, 0.717) is 12.6 Å². The fourth-order valence-corrected chi connectivity index (χ4v) is 2.65. The molecule has 2 atom stereocenters. The third-order valence-electron chi connectivity index (χ3n) is 3.34. The van der Waals surface area contributed by atoms with Crippen LogP contribution in [0, 0.1) is 5.92 Å². The predicted molar refractivity (Wildman–Crippen MR) is 81.2 cm³/mol. The molecule has 0 saturated heterocycles. The van der Waals surface area contributed by atoms with Crippen LogP contribution >= 0.6 is 15.9 Å². The average Bonchev–Trinajstić information content (AvgIpc) is 2.37. The molecule has 1 rings (SSSR count). The van der Waals surface area contributed by atoms with Crippen molar-refractivity contribution in [1.29, 1.82) is 0 Å². The lowest BCUT2D eigenvalue weighted by atomic mass is 9.94. The summed E-state index contributed by atoms with van der Waals surface area (Å²) in [5.74, 6) is 1.65. The molecule has 2 unspecified atom stereocenters. The molecule has 3 heteroatoms. The van der Waals surface area contributed by atoms with E-state index in [1.54, 1.807) is 0 Å². The number of hydrogen-bond acceptors (Lipinski definition) is 2. The maximum absolute atomic E-state index is 5.51. The summed E-state index contributed by atoms with van der Waals surface area (Å²) in [6.45, 7) is 7.24. The second-order valence-corrected chi connectivity index (χ2v) is 5.56. The fraction of sp³-hybridized carbons (Fsp3) is 0.600. The van der Waals surface area contributed by atoms with Crippen LogP contribution in [0.3, 0.4) is 0 Å². The van der Waals surface area contributed by atoms with Crippen molar-refractivity contribution >= 4 is 15.9 Å². The molecular formula is C15H24BrNO. The molecule has 0 radical (unpaired) electrons. The summed E-state index contributed by atoms with van der Waals surface area (Å²) in [4.78, 5) is 0. The van der Waals surface area contributed by atoms with Gasteiger partial charge in [0.15, 0.2) is 0 Å². The van der Waals surface area contributed by atoms with Gasteiger partial charge in [-0.05, 0) is 44.0 Å². The van der Waals surface area contributed by atoms with Gasteiger partial charge in [0.05, 0.1) is 6.61 Å². The van der Waals surface area contributed by atoms with E-state index in [2.05, 4.69) is 47.2 Å². The summed E-state index contributed by atoms with van der Waals surface area (Å²) < 4.78 is 6.63. The van der Waals surface area contributed by atoms with Gasteiger partial charge in [0.25, 0.3) is 0 Å². The Kier molecular flexibility index (Phi) is 6.72. The molecule has 0 aromatic heterocycles. The van der Waals surface area contributed by atoms with Crippen molar-refractivity contribution in [3.05, 3.63) is 28.2 Å². The molecule has 1 N–H and O–H groups in total. The Bertz CT molecular complexity index is 368. The largest absolute Gasteiger partial charge is 0.494 e. The predicted octanol–water partition coefficient (Wildman–Crippen LogP) is 4.54. The summed E-state index contributed by atoms with van der Waals surface area (Å²) in [6.07, 6.45) is 2.37. The van der Waals surface area contributed by atoms with Crippen LogP contribution in [-0.4, -0.2) is 13.7 Å². The molecule has 0 aliphatic heterocycles. The first-order valence-electron chi connectivity index (χ1n) is 6.71. The Morgan fingerprint density at radius 1 is 1.33 bits per heavy atom. The van der Waals surface area contributed by atoms with Crippen LogP contribution in [-0.2, 0) is 0 Å². The molecule has 0 heterocycles. The summed E-state index contributed by atoms with van der Waals surface area (Å²) in [5.41, 5.74) is 1.31. The molecule has 0 aliphatic rings. The van der Waals surface area contributed by atoms with Gasteiger partial charge in [-0.3, -0.25) is 0 Å². The zero-order valence-corrected chi connectivity index (χ0v) is 13.4. The molecular weight excluding hydrogens is 290 g/mol. The maximum Gasteiger partial charge on any atom is 0.120 e. The van der Waals surface area contributed by atoms with Crippen LogP contribution in [0.25, 0.3) is 0 Å². The van der Waals surface area contributed by atoms with Crippen molar-refractivity contribution in [2.24, 2.45) is 5.92 Å². The fourth-order valence-electron chi connectivity index (χ4n) is 2.02. The number of halogens is 1. The minimum atomic E-state index is 0.394. The van der Waals surface area contributed by atoms with E-state index in [1.165, 1.54) is 12.0 Å². The molecule has 0 spiro atoms. The Hall–Kier alpha value is -0.540. The van der Waals surface area contributed by atoms with E-state index in [9.17, 15) is 0 Å². The Morgan fingerprint density at radius 2 is 2.06 bits per heavy atom. The van der Waals surface area contributed by atoms with Gasteiger partial charge in [-0.1, -0.05) is 42.3 Å². The second kappa shape index (κ2) is 7.80. The third-order valence-corrected chi connectivity index (χ3v) is 4.03. The molecule has 2 nitrogen and oxygen atoms in total. The highest BCUT2D eigenvalue weighted by atomic mass is 79.9. The molecule has 0 aliphatic carbocycles. The number of nitrogens with one attached hydrogen (secondary N) is 1. The SMILES string of the molecule is CCOc1ccc(C(CC(C)CC)NC)c(Br)c1. The smallest absolute Gasteiger partial charge is 0.120 e. The second-order valence-electron chi connectivity index (χ2n) is 4.71. The first-order chi connectivity index (χ1) is 8.62. The normalized spacial score (nSPS) is 14.3. The first kappa shape index (κ1) is 15.5. The Labute approximate surface area is 119 Å². The van der Waals surface area contributed by atoms with Crippen molar-refractivity contribution in [1.82, 2.24) is 5.32 Å². The topological polar surface area (TPSA) is 21.3 Å². The van der Waals surface area contributed by atoms with Gasteiger partial charge in [0, 0.05) is 10.5 Å². The first-order valence-corrected chi connectivity index (χ1v) is 7.51. The highest BCUT2D eigenvalue weighted by Crippen LogP contribution is 2.31. The average molecular weight is 314 g/mol. The van der Waals surface area contributed by atoms with E-state index >= 15 is 0 Å². The molecule has 18 heavy (non-hydrogen) atoms. The van der Waals surface area contributed by atoms with E-state index in [-0.39, 0.29) is 0 Å². The molecule has 1 aromatic carbocycles. The van der Waals surface area contributed by atoms with Crippen LogP contribution in [0.5, 0.6) is 5.75 Å². The van der Waals surface area contributed by atoms with Gasteiger partial charge in [0.1, 0.15) is 5.75 Å². The van der Waals surface area contributed by atoms with Crippen LogP contribution in [0.1, 0.15) is 45.2 Å². The number of hydrogen-bond donors (Lipinski definition) is 1. The summed E-state index contributed by atoms with van der Waals surface area (Å²) in [7, 11) is 2.02. The Morgan fingerprint density at radius 3 is 2.56 bits per heavy atom. The zero-order valence-electron chi connectivity index (χ0n) is 11.8. The van der Waals surface area contributed by atoms with Gasteiger partial charge in [-0.2, -0.15) is 0 Å². The van der Waals surface area contributed by atoms with Gasteiger partial charge >= 0.3 is 0 Å². The minimum Gasteiger partial charge on any atom is -0.494 e. The van der Waals surface area contributed by atoms with Crippen molar-refractivity contribution in [3.8, 4) is 5.75 Å². The maximum atomic E-state index is 5.51. The number of benzene rings is 1. The summed E-state index contributed by atoms with van der Waals surface area (Å²) >= 11 is 3.65. The van der Waals surface area contributed by atoms with Crippen molar-refractivity contribution in [2.45, 2.75) is 39.7 Å². The van der Waals surface area contributed by atoms with Crippen LogP contribution in [0.2, 0.25) is 0 Å². The highest BCUT2D eigenvalue weighted by molar-refractivity contribution is 9.10. The lowest BCUT2D eigenvalue weighted by Gasteiger charge is -2.21.